The Morgan fingerprint density at radius 2 is 1.78 bits per heavy atom. The van der Waals surface area contributed by atoms with Gasteiger partial charge in [0, 0.05) is 21.8 Å². The predicted molar refractivity (Wildman–Crippen MR) is 101 cm³/mol. The molecule has 0 radical (unpaired) electrons. The highest BCUT2D eigenvalue weighted by Gasteiger charge is 2.11. The van der Waals surface area contributed by atoms with Crippen molar-refractivity contribution in [3.05, 3.63) is 65.0 Å². The van der Waals surface area contributed by atoms with E-state index in [1.54, 1.807) is 24.3 Å². The van der Waals surface area contributed by atoms with Crippen molar-refractivity contribution in [1.29, 1.82) is 0 Å². The van der Waals surface area contributed by atoms with Gasteiger partial charge in [0.1, 0.15) is 0 Å². The number of aromatic nitrogens is 2. The fourth-order valence-corrected chi connectivity index (χ4v) is 2.89. The molecule has 2 aromatic carbocycles. The standard InChI is InChI=1S/C17H15ClN4O4S/c1-27(24,25)22-14-8-4-12(5-9-14)17(23)19-10-15-20-16(21-26-15)11-2-6-13(18)7-3-11/h2-9,22H,10H2,1H3,(H,19,23). The van der Waals surface area contributed by atoms with Crippen molar-refractivity contribution in [3.8, 4) is 11.4 Å². The fraction of sp³-hybridized carbons (Fsp3) is 0.118. The number of benzene rings is 2. The molecule has 1 aromatic heterocycles. The van der Waals surface area contributed by atoms with Crippen LogP contribution in [0.1, 0.15) is 16.2 Å². The number of sulfonamides is 1. The minimum absolute atomic E-state index is 0.0583. The molecule has 3 rings (SSSR count). The van der Waals surface area contributed by atoms with Crippen LogP contribution in [0.15, 0.2) is 53.1 Å². The van der Waals surface area contributed by atoms with Crippen LogP contribution in [0.2, 0.25) is 5.02 Å². The maximum Gasteiger partial charge on any atom is 0.251 e. The molecule has 3 aromatic rings. The summed E-state index contributed by atoms with van der Waals surface area (Å²) >= 11 is 5.84. The molecule has 0 saturated carbocycles. The Morgan fingerprint density at radius 3 is 2.41 bits per heavy atom. The Kier molecular flexibility index (Phi) is 5.43. The van der Waals surface area contributed by atoms with Crippen LogP contribution in [0.25, 0.3) is 11.4 Å². The summed E-state index contributed by atoms with van der Waals surface area (Å²) in [6.45, 7) is 0.0583. The first-order chi connectivity index (χ1) is 12.8. The summed E-state index contributed by atoms with van der Waals surface area (Å²) < 4.78 is 29.8. The number of amides is 1. The second kappa shape index (κ2) is 7.77. The zero-order valence-corrected chi connectivity index (χ0v) is 15.7. The third-order valence-electron chi connectivity index (χ3n) is 3.42. The van der Waals surface area contributed by atoms with Gasteiger partial charge in [0.2, 0.25) is 21.7 Å². The zero-order valence-electron chi connectivity index (χ0n) is 14.1. The maximum atomic E-state index is 12.2. The number of anilines is 1. The van der Waals surface area contributed by atoms with E-state index in [0.717, 1.165) is 11.8 Å². The highest BCUT2D eigenvalue weighted by Crippen LogP contribution is 2.18. The van der Waals surface area contributed by atoms with Crippen LogP contribution in [-0.2, 0) is 16.6 Å². The van der Waals surface area contributed by atoms with Crippen molar-refractivity contribution < 1.29 is 17.7 Å². The van der Waals surface area contributed by atoms with E-state index in [1.807, 2.05) is 0 Å². The molecule has 0 fully saturated rings. The Bertz CT molecular complexity index is 1050. The Hall–Kier alpha value is -2.91. The molecule has 0 aliphatic heterocycles. The monoisotopic (exact) mass is 406 g/mol. The minimum Gasteiger partial charge on any atom is -0.343 e. The SMILES string of the molecule is CS(=O)(=O)Nc1ccc(C(=O)NCc2nc(-c3ccc(Cl)cc3)no2)cc1. The van der Waals surface area contributed by atoms with Crippen LogP contribution in [-0.4, -0.2) is 30.7 Å². The van der Waals surface area contributed by atoms with E-state index in [-0.39, 0.29) is 18.3 Å². The number of halogens is 1. The van der Waals surface area contributed by atoms with Gasteiger partial charge in [-0.25, -0.2) is 8.42 Å². The molecule has 27 heavy (non-hydrogen) atoms. The molecule has 0 bridgehead atoms. The fourth-order valence-electron chi connectivity index (χ4n) is 2.20. The second-order valence-corrected chi connectivity index (χ2v) is 7.84. The average molecular weight is 407 g/mol. The summed E-state index contributed by atoms with van der Waals surface area (Å²) in [5.41, 5.74) is 1.49. The van der Waals surface area contributed by atoms with E-state index in [0.29, 0.717) is 22.1 Å². The van der Waals surface area contributed by atoms with Crippen molar-refractivity contribution in [1.82, 2.24) is 15.5 Å². The third-order valence-corrected chi connectivity index (χ3v) is 4.28. The first-order valence-electron chi connectivity index (χ1n) is 7.75. The number of carbonyl (C=O) groups excluding carboxylic acids is 1. The summed E-state index contributed by atoms with van der Waals surface area (Å²) in [7, 11) is -3.37. The third kappa shape index (κ3) is 5.28. The minimum atomic E-state index is -3.37. The zero-order chi connectivity index (χ0) is 19.4. The summed E-state index contributed by atoms with van der Waals surface area (Å²) in [5.74, 6) is 0.294. The van der Waals surface area contributed by atoms with Crippen molar-refractivity contribution in [2.75, 3.05) is 11.0 Å². The lowest BCUT2D eigenvalue weighted by atomic mass is 10.2. The summed E-state index contributed by atoms with van der Waals surface area (Å²) in [6.07, 6.45) is 1.05. The molecular weight excluding hydrogens is 392 g/mol. The van der Waals surface area contributed by atoms with Crippen molar-refractivity contribution in [2.45, 2.75) is 6.54 Å². The number of hydrogen-bond acceptors (Lipinski definition) is 6. The molecule has 0 spiro atoms. The Labute approximate surface area is 160 Å². The molecule has 0 aliphatic rings. The van der Waals surface area contributed by atoms with Crippen LogP contribution in [0.4, 0.5) is 5.69 Å². The normalized spacial score (nSPS) is 11.2. The lowest BCUT2D eigenvalue weighted by molar-refractivity contribution is 0.0946. The van der Waals surface area contributed by atoms with E-state index >= 15 is 0 Å². The van der Waals surface area contributed by atoms with Crippen LogP contribution in [0.5, 0.6) is 0 Å². The smallest absolute Gasteiger partial charge is 0.251 e. The molecule has 10 heteroatoms. The Morgan fingerprint density at radius 1 is 1.11 bits per heavy atom. The van der Waals surface area contributed by atoms with E-state index in [9.17, 15) is 13.2 Å². The van der Waals surface area contributed by atoms with E-state index in [4.69, 9.17) is 16.1 Å². The second-order valence-electron chi connectivity index (χ2n) is 5.65. The van der Waals surface area contributed by atoms with Crippen molar-refractivity contribution in [2.24, 2.45) is 0 Å². The first kappa shape index (κ1) is 18.9. The van der Waals surface area contributed by atoms with Gasteiger partial charge in [-0.3, -0.25) is 9.52 Å². The number of nitrogens with zero attached hydrogens (tertiary/aromatic N) is 2. The van der Waals surface area contributed by atoms with Gasteiger partial charge in [-0.15, -0.1) is 0 Å². The predicted octanol–water partition coefficient (Wildman–Crippen LogP) is 2.69. The number of rotatable bonds is 6. The molecule has 2 N–H and O–H groups in total. The Balaban J connectivity index is 1.60. The lowest BCUT2D eigenvalue weighted by Crippen LogP contribution is -2.23. The van der Waals surface area contributed by atoms with Gasteiger partial charge in [-0.05, 0) is 48.5 Å². The molecule has 0 saturated heterocycles. The van der Waals surface area contributed by atoms with Crippen LogP contribution >= 0.6 is 11.6 Å². The van der Waals surface area contributed by atoms with Gasteiger partial charge >= 0.3 is 0 Å². The van der Waals surface area contributed by atoms with Gasteiger partial charge in [0.15, 0.2) is 0 Å². The molecule has 1 heterocycles. The highest BCUT2D eigenvalue weighted by atomic mass is 35.5. The summed E-state index contributed by atoms with van der Waals surface area (Å²) in [6, 6.07) is 13.0. The molecule has 0 aliphatic carbocycles. The van der Waals surface area contributed by atoms with Gasteiger partial charge in [0.05, 0.1) is 12.8 Å². The molecule has 1 amide bonds. The van der Waals surface area contributed by atoms with Gasteiger partial charge in [-0.2, -0.15) is 4.98 Å². The van der Waals surface area contributed by atoms with E-state index in [2.05, 4.69) is 20.2 Å². The van der Waals surface area contributed by atoms with Gasteiger partial charge in [0.25, 0.3) is 5.91 Å². The number of hydrogen-bond donors (Lipinski definition) is 2. The lowest BCUT2D eigenvalue weighted by Gasteiger charge is -2.05. The molecular formula is C17H15ClN4O4S. The van der Waals surface area contributed by atoms with Crippen molar-refractivity contribution in [3.63, 3.8) is 0 Å². The number of nitrogens with one attached hydrogen (secondary N) is 2. The van der Waals surface area contributed by atoms with Crippen LogP contribution in [0, 0.1) is 0 Å². The first-order valence-corrected chi connectivity index (χ1v) is 10.0. The van der Waals surface area contributed by atoms with Crippen LogP contribution < -0.4 is 10.0 Å². The average Bonchev–Trinajstić information content (AvgIpc) is 3.08. The van der Waals surface area contributed by atoms with Gasteiger partial charge < -0.3 is 9.84 Å². The molecule has 0 unspecified atom stereocenters. The van der Waals surface area contributed by atoms with E-state index < -0.39 is 10.0 Å². The highest BCUT2D eigenvalue weighted by molar-refractivity contribution is 7.92. The molecule has 8 nitrogen and oxygen atoms in total. The summed E-state index contributed by atoms with van der Waals surface area (Å²) in [5, 5.41) is 7.13. The quantitative estimate of drug-likeness (QED) is 0.650. The number of carbonyl (C=O) groups is 1. The topological polar surface area (TPSA) is 114 Å². The maximum absolute atomic E-state index is 12.2. The van der Waals surface area contributed by atoms with Gasteiger partial charge in [-0.1, -0.05) is 16.8 Å². The van der Waals surface area contributed by atoms with E-state index in [1.165, 1.54) is 24.3 Å². The van der Waals surface area contributed by atoms with Crippen molar-refractivity contribution >= 4 is 33.2 Å². The molecule has 0 atom stereocenters. The van der Waals surface area contributed by atoms with Crippen LogP contribution in [0.3, 0.4) is 0 Å². The molecule has 140 valence electrons. The summed E-state index contributed by atoms with van der Waals surface area (Å²) in [4.78, 5) is 16.4. The largest absolute Gasteiger partial charge is 0.343 e.